The second kappa shape index (κ2) is 4.41. The summed E-state index contributed by atoms with van der Waals surface area (Å²) in [4.78, 5) is 18.5. The van der Waals surface area contributed by atoms with Crippen LogP contribution in [0.3, 0.4) is 0 Å². The lowest BCUT2D eigenvalue weighted by atomic mass is 9.99. The van der Waals surface area contributed by atoms with E-state index in [0.29, 0.717) is 5.56 Å². The molecule has 0 saturated carbocycles. The van der Waals surface area contributed by atoms with Crippen molar-refractivity contribution in [2.45, 2.75) is 25.7 Å². The molecule has 0 bridgehead atoms. The highest BCUT2D eigenvalue weighted by molar-refractivity contribution is 7.14. The number of fused-ring (bicyclic) bond motifs is 1. The maximum Gasteiger partial charge on any atom is 0.204 e. The number of thiophene rings is 1. The van der Waals surface area contributed by atoms with Crippen LogP contribution in [-0.2, 0) is 12.8 Å². The van der Waals surface area contributed by atoms with Gasteiger partial charge in [0.15, 0.2) is 0 Å². The summed E-state index contributed by atoms with van der Waals surface area (Å²) in [6, 6.07) is 5.71. The third-order valence-electron chi connectivity index (χ3n) is 3.14. The highest BCUT2D eigenvalue weighted by Crippen LogP contribution is 2.30. The summed E-state index contributed by atoms with van der Waals surface area (Å²) in [6.07, 6.45) is 8.11. The smallest absolute Gasteiger partial charge is 0.204 e. The predicted molar refractivity (Wildman–Crippen MR) is 68.6 cm³/mol. The molecule has 0 atom stereocenters. The van der Waals surface area contributed by atoms with Crippen LogP contribution in [0.25, 0.3) is 0 Å². The Kier molecular flexibility index (Phi) is 2.77. The van der Waals surface area contributed by atoms with E-state index >= 15 is 0 Å². The van der Waals surface area contributed by atoms with Gasteiger partial charge in [0.1, 0.15) is 0 Å². The van der Waals surface area contributed by atoms with Crippen LogP contribution in [-0.4, -0.2) is 10.8 Å². The zero-order chi connectivity index (χ0) is 11.7. The Hall–Kier alpha value is -1.48. The standard InChI is InChI=1S/C14H13NOS/c16-14(11-5-3-7-15-9-11)13-8-10-4-1-2-6-12(10)17-13/h3,5,7-9H,1-2,4,6H2. The highest BCUT2D eigenvalue weighted by atomic mass is 32.1. The summed E-state index contributed by atoms with van der Waals surface area (Å²) in [5.74, 6) is 0.109. The summed E-state index contributed by atoms with van der Waals surface area (Å²) in [5, 5.41) is 0. The molecule has 2 aromatic rings. The number of pyridine rings is 1. The SMILES string of the molecule is O=C(c1cccnc1)c1cc2c(s1)CCCC2. The van der Waals surface area contributed by atoms with Crippen molar-refractivity contribution in [2.75, 3.05) is 0 Å². The number of rotatable bonds is 2. The first-order valence-electron chi connectivity index (χ1n) is 5.91. The lowest BCUT2D eigenvalue weighted by Crippen LogP contribution is -1.98. The number of ketones is 1. The Morgan fingerprint density at radius 3 is 2.94 bits per heavy atom. The van der Waals surface area contributed by atoms with Crippen LogP contribution in [0.4, 0.5) is 0 Å². The Morgan fingerprint density at radius 1 is 1.29 bits per heavy atom. The van der Waals surface area contributed by atoms with E-state index in [1.165, 1.54) is 23.3 Å². The third kappa shape index (κ3) is 2.03. The van der Waals surface area contributed by atoms with E-state index < -0.39 is 0 Å². The number of nitrogens with zero attached hydrogens (tertiary/aromatic N) is 1. The van der Waals surface area contributed by atoms with Crippen molar-refractivity contribution < 1.29 is 4.79 Å². The molecule has 86 valence electrons. The summed E-state index contributed by atoms with van der Waals surface area (Å²) < 4.78 is 0. The van der Waals surface area contributed by atoms with Gasteiger partial charge in [0, 0.05) is 22.8 Å². The Morgan fingerprint density at radius 2 is 2.18 bits per heavy atom. The van der Waals surface area contributed by atoms with E-state index in [2.05, 4.69) is 11.1 Å². The Balaban J connectivity index is 1.94. The molecule has 0 radical (unpaired) electrons. The van der Waals surface area contributed by atoms with E-state index in [-0.39, 0.29) is 5.78 Å². The molecule has 0 spiro atoms. The first-order valence-corrected chi connectivity index (χ1v) is 6.72. The first-order chi connectivity index (χ1) is 8.34. The minimum absolute atomic E-state index is 0.109. The van der Waals surface area contributed by atoms with E-state index in [9.17, 15) is 4.79 Å². The zero-order valence-electron chi connectivity index (χ0n) is 9.48. The normalized spacial score (nSPS) is 14.4. The average molecular weight is 243 g/mol. The van der Waals surface area contributed by atoms with Gasteiger partial charge in [0.25, 0.3) is 0 Å². The van der Waals surface area contributed by atoms with Crippen LogP contribution < -0.4 is 0 Å². The van der Waals surface area contributed by atoms with Crippen LogP contribution in [0.15, 0.2) is 30.6 Å². The van der Waals surface area contributed by atoms with Gasteiger partial charge in [-0.05, 0) is 49.4 Å². The quantitative estimate of drug-likeness (QED) is 0.758. The molecule has 0 aromatic carbocycles. The number of aromatic nitrogens is 1. The fraction of sp³-hybridized carbons (Fsp3) is 0.286. The predicted octanol–water partition coefficient (Wildman–Crippen LogP) is 3.25. The fourth-order valence-electron chi connectivity index (χ4n) is 2.24. The monoisotopic (exact) mass is 243 g/mol. The molecular weight excluding hydrogens is 230 g/mol. The minimum Gasteiger partial charge on any atom is -0.288 e. The van der Waals surface area contributed by atoms with Gasteiger partial charge in [0.2, 0.25) is 5.78 Å². The van der Waals surface area contributed by atoms with Crippen LogP contribution in [0.5, 0.6) is 0 Å². The van der Waals surface area contributed by atoms with Crippen LogP contribution in [0, 0.1) is 0 Å². The van der Waals surface area contributed by atoms with E-state index in [4.69, 9.17) is 0 Å². The largest absolute Gasteiger partial charge is 0.288 e. The minimum atomic E-state index is 0.109. The molecule has 2 nitrogen and oxygen atoms in total. The molecule has 2 heterocycles. The summed E-state index contributed by atoms with van der Waals surface area (Å²) >= 11 is 1.66. The van der Waals surface area contributed by atoms with Crippen molar-refractivity contribution >= 4 is 17.1 Å². The molecular formula is C14H13NOS. The second-order valence-corrected chi connectivity index (χ2v) is 5.47. The summed E-state index contributed by atoms with van der Waals surface area (Å²) in [6.45, 7) is 0. The molecule has 1 aliphatic carbocycles. The molecule has 3 heteroatoms. The topological polar surface area (TPSA) is 30.0 Å². The fourth-order valence-corrected chi connectivity index (χ4v) is 3.46. The van der Waals surface area contributed by atoms with Gasteiger partial charge in [-0.2, -0.15) is 0 Å². The highest BCUT2D eigenvalue weighted by Gasteiger charge is 2.18. The van der Waals surface area contributed by atoms with Crippen molar-refractivity contribution in [1.82, 2.24) is 4.98 Å². The molecule has 0 amide bonds. The number of hydrogen-bond donors (Lipinski definition) is 0. The number of hydrogen-bond acceptors (Lipinski definition) is 3. The van der Waals surface area contributed by atoms with Crippen LogP contribution in [0.1, 0.15) is 38.5 Å². The summed E-state index contributed by atoms with van der Waals surface area (Å²) in [7, 11) is 0. The van der Waals surface area contributed by atoms with Gasteiger partial charge >= 0.3 is 0 Å². The number of carbonyl (C=O) groups excluding carboxylic acids is 1. The lowest BCUT2D eigenvalue weighted by Gasteiger charge is -2.08. The van der Waals surface area contributed by atoms with Crippen molar-refractivity contribution in [1.29, 1.82) is 0 Å². The van der Waals surface area contributed by atoms with Crippen LogP contribution in [0.2, 0.25) is 0 Å². The molecule has 0 saturated heterocycles. The number of carbonyl (C=O) groups is 1. The van der Waals surface area contributed by atoms with E-state index in [1.807, 2.05) is 6.07 Å². The molecule has 0 unspecified atom stereocenters. The summed E-state index contributed by atoms with van der Waals surface area (Å²) in [5.41, 5.74) is 2.07. The first kappa shape index (κ1) is 10.7. The molecule has 17 heavy (non-hydrogen) atoms. The molecule has 0 fully saturated rings. The Labute approximate surface area is 104 Å². The third-order valence-corrected chi connectivity index (χ3v) is 4.38. The lowest BCUT2D eigenvalue weighted by molar-refractivity contribution is 0.104. The average Bonchev–Trinajstić information content (AvgIpc) is 2.82. The molecule has 3 rings (SSSR count). The Bertz CT molecular complexity index is 521. The van der Waals surface area contributed by atoms with Crippen LogP contribution >= 0.6 is 11.3 Å². The van der Waals surface area contributed by atoms with Crippen molar-refractivity contribution in [3.8, 4) is 0 Å². The number of aryl methyl sites for hydroxylation is 2. The second-order valence-electron chi connectivity index (χ2n) is 4.34. The molecule has 0 aliphatic heterocycles. The van der Waals surface area contributed by atoms with Gasteiger partial charge in [-0.1, -0.05) is 0 Å². The molecule has 0 N–H and O–H groups in total. The maximum atomic E-state index is 12.2. The van der Waals surface area contributed by atoms with E-state index in [1.54, 1.807) is 29.8 Å². The van der Waals surface area contributed by atoms with Gasteiger partial charge in [-0.3, -0.25) is 9.78 Å². The van der Waals surface area contributed by atoms with Gasteiger partial charge < -0.3 is 0 Å². The van der Waals surface area contributed by atoms with Gasteiger partial charge in [0.05, 0.1) is 4.88 Å². The maximum absolute atomic E-state index is 12.2. The zero-order valence-corrected chi connectivity index (χ0v) is 10.3. The van der Waals surface area contributed by atoms with Crippen molar-refractivity contribution in [3.05, 3.63) is 51.5 Å². The molecule has 1 aliphatic rings. The van der Waals surface area contributed by atoms with E-state index in [0.717, 1.165) is 17.7 Å². The van der Waals surface area contributed by atoms with Gasteiger partial charge in [-0.25, -0.2) is 0 Å². The van der Waals surface area contributed by atoms with Crippen molar-refractivity contribution in [2.24, 2.45) is 0 Å². The van der Waals surface area contributed by atoms with Gasteiger partial charge in [-0.15, -0.1) is 11.3 Å². The molecule has 2 aromatic heterocycles. The van der Waals surface area contributed by atoms with Crippen molar-refractivity contribution in [3.63, 3.8) is 0 Å².